The zero-order valence-corrected chi connectivity index (χ0v) is 10.1. The molecule has 0 saturated carbocycles. The van der Waals surface area contributed by atoms with E-state index in [0.29, 0.717) is 24.9 Å². The van der Waals surface area contributed by atoms with E-state index in [1.165, 1.54) is 0 Å². The molecule has 17 heavy (non-hydrogen) atoms. The number of rotatable bonds is 5. The fraction of sp³-hybridized carbons (Fsp3) is 0.417. The lowest BCUT2D eigenvalue weighted by Gasteiger charge is -2.10. The van der Waals surface area contributed by atoms with Crippen LogP contribution in [-0.4, -0.2) is 24.2 Å². The second-order valence-electron chi connectivity index (χ2n) is 3.89. The summed E-state index contributed by atoms with van der Waals surface area (Å²) in [6.45, 7) is 5.33. The zero-order valence-electron chi connectivity index (χ0n) is 10.1. The molecule has 0 saturated heterocycles. The fourth-order valence-corrected chi connectivity index (χ4v) is 1.59. The standard InChI is InChI=1S/C12H17N3O2/c1-3-16-8(2)7-14-12-15-10-6-9(13)4-5-11(10)17-12/h4-6,8H,3,7,13H2,1-2H3,(H,14,15). The van der Waals surface area contributed by atoms with Crippen LogP contribution >= 0.6 is 0 Å². The Morgan fingerprint density at radius 1 is 1.53 bits per heavy atom. The predicted octanol–water partition coefficient (Wildman–Crippen LogP) is 2.25. The van der Waals surface area contributed by atoms with Crippen molar-refractivity contribution in [1.82, 2.24) is 4.98 Å². The molecule has 0 aliphatic rings. The van der Waals surface area contributed by atoms with Gasteiger partial charge in [0.15, 0.2) is 5.58 Å². The first-order valence-corrected chi connectivity index (χ1v) is 5.70. The number of nitrogens with zero attached hydrogens (tertiary/aromatic N) is 1. The average Bonchev–Trinajstić information content (AvgIpc) is 2.68. The Morgan fingerprint density at radius 2 is 2.35 bits per heavy atom. The van der Waals surface area contributed by atoms with E-state index in [0.717, 1.165) is 11.1 Å². The quantitative estimate of drug-likeness (QED) is 0.777. The third kappa shape index (κ3) is 2.88. The highest BCUT2D eigenvalue weighted by molar-refractivity contribution is 5.78. The van der Waals surface area contributed by atoms with Crippen molar-refractivity contribution >= 4 is 22.8 Å². The van der Waals surface area contributed by atoms with Gasteiger partial charge in [-0.2, -0.15) is 4.98 Å². The smallest absolute Gasteiger partial charge is 0.295 e. The van der Waals surface area contributed by atoms with E-state index in [2.05, 4.69) is 10.3 Å². The van der Waals surface area contributed by atoms with Crippen LogP contribution in [0.3, 0.4) is 0 Å². The van der Waals surface area contributed by atoms with Crippen molar-refractivity contribution in [3.8, 4) is 0 Å². The highest BCUT2D eigenvalue weighted by atomic mass is 16.5. The number of aromatic nitrogens is 1. The summed E-state index contributed by atoms with van der Waals surface area (Å²) in [5, 5.41) is 3.09. The van der Waals surface area contributed by atoms with Crippen LogP contribution in [-0.2, 0) is 4.74 Å². The summed E-state index contributed by atoms with van der Waals surface area (Å²) in [6, 6.07) is 5.89. The summed E-state index contributed by atoms with van der Waals surface area (Å²) in [4.78, 5) is 4.29. The first-order chi connectivity index (χ1) is 8.19. The Balaban J connectivity index is 2.04. The molecule has 2 aromatic rings. The van der Waals surface area contributed by atoms with Crippen LogP contribution in [0.1, 0.15) is 13.8 Å². The van der Waals surface area contributed by atoms with Crippen molar-refractivity contribution in [3.63, 3.8) is 0 Å². The van der Waals surface area contributed by atoms with Crippen molar-refractivity contribution in [2.45, 2.75) is 20.0 Å². The molecule has 92 valence electrons. The van der Waals surface area contributed by atoms with Gasteiger partial charge in [0, 0.05) is 18.8 Å². The van der Waals surface area contributed by atoms with E-state index >= 15 is 0 Å². The van der Waals surface area contributed by atoms with Crippen molar-refractivity contribution in [2.75, 3.05) is 24.2 Å². The minimum Gasteiger partial charge on any atom is -0.424 e. The summed E-state index contributed by atoms with van der Waals surface area (Å²) in [6.07, 6.45) is 0.125. The number of oxazole rings is 1. The zero-order chi connectivity index (χ0) is 12.3. The van der Waals surface area contributed by atoms with Crippen LogP contribution < -0.4 is 11.1 Å². The summed E-state index contributed by atoms with van der Waals surface area (Å²) in [7, 11) is 0. The SMILES string of the molecule is CCOC(C)CNc1nc2cc(N)ccc2o1. The highest BCUT2D eigenvalue weighted by Crippen LogP contribution is 2.20. The maximum atomic E-state index is 5.67. The van der Waals surface area contributed by atoms with Gasteiger partial charge >= 0.3 is 0 Å². The van der Waals surface area contributed by atoms with Crippen LogP contribution in [0.25, 0.3) is 11.1 Å². The Hall–Kier alpha value is -1.75. The second kappa shape index (κ2) is 5.05. The van der Waals surface area contributed by atoms with E-state index < -0.39 is 0 Å². The van der Waals surface area contributed by atoms with Gasteiger partial charge in [0.05, 0.1) is 6.10 Å². The largest absolute Gasteiger partial charge is 0.424 e. The third-order valence-electron chi connectivity index (χ3n) is 2.40. The van der Waals surface area contributed by atoms with Gasteiger partial charge in [-0.1, -0.05) is 0 Å². The van der Waals surface area contributed by atoms with Crippen LogP contribution in [0.4, 0.5) is 11.7 Å². The van der Waals surface area contributed by atoms with Gasteiger partial charge in [-0.25, -0.2) is 0 Å². The molecule has 1 unspecified atom stereocenters. The van der Waals surface area contributed by atoms with Crippen molar-refractivity contribution in [3.05, 3.63) is 18.2 Å². The normalized spacial score (nSPS) is 12.8. The Labute approximate surface area is 100.0 Å². The van der Waals surface area contributed by atoms with E-state index in [-0.39, 0.29) is 6.10 Å². The number of nitrogen functional groups attached to an aromatic ring is 1. The van der Waals surface area contributed by atoms with Crippen LogP contribution in [0, 0.1) is 0 Å². The van der Waals surface area contributed by atoms with E-state index in [4.69, 9.17) is 14.9 Å². The second-order valence-corrected chi connectivity index (χ2v) is 3.89. The van der Waals surface area contributed by atoms with Gasteiger partial charge < -0.3 is 20.2 Å². The van der Waals surface area contributed by atoms with Crippen molar-refractivity contribution in [2.24, 2.45) is 0 Å². The highest BCUT2D eigenvalue weighted by Gasteiger charge is 2.07. The molecule has 1 aromatic heterocycles. The number of ether oxygens (including phenoxy) is 1. The first kappa shape index (κ1) is 11.7. The number of fused-ring (bicyclic) bond motifs is 1. The number of anilines is 2. The minimum absolute atomic E-state index is 0.125. The number of nitrogens with two attached hydrogens (primary N) is 1. The molecule has 1 heterocycles. The van der Waals surface area contributed by atoms with Crippen LogP contribution in [0.2, 0.25) is 0 Å². The lowest BCUT2D eigenvalue weighted by molar-refractivity contribution is 0.0851. The fourth-order valence-electron chi connectivity index (χ4n) is 1.59. The van der Waals surface area contributed by atoms with Crippen molar-refractivity contribution in [1.29, 1.82) is 0 Å². The molecule has 0 fully saturated rings. The van der Waals surface area contributed by atoms with Gasteiger partial charge in [0.25, 0.3) is 6.01 Å². The topological polar surface area (TPSA) is 73.3 Å². The molecule has 1 atom stereocenters. The summed E-state index contributed by atoms with van der Waals surface area (Å²) >= 11 is 0. The van der Waals surface area contributed by atoms with E-state index in [1.54, 1.807) is 12.1 Å². The Morgan fingerprint density at radius 3 is 3.12 bits per heavy atom. The molecule has 0 spiro atoms. The molecule has 2 rings (SSSR count). The number of hydrogen-bond acceptors (Lipinski definition) is 5. The van der Waals surface area contributed by atoms with Gasteiger partial charge in [-0.15, -0.1) is 0 Å². The Bertz CT molecular complexity index is 495. The molecule has 0 aliphatic carbocycles. The van der Waals surface area contributed by atoms with Gasteiger partial charge in [-0.05, 0) is 32.0 Å². The van der Waals surface area contributed by atoms with Crippen LogP contribution in [0.5, 0.6) is 0 Å². The molecule has 0 aliphatic heterocycles. The van der Waals surface area contributed by atoms with Gasteiger partial charge in [0.2, 0.25) is 0 Å². The molecule has 0 amide bonds. The number of nitrogens with one attached hydrogen (secondary N) is 1. The van der Waals surface area contributed by atoms with Gasteiger partial charge in [-0.3, -0.25) is 0 Å². The molecule has 5 nitrogen and oxygen atoms in total. The van der Waals surface area contributed by atoms with E-state index in [9.17, 15) is 0 Å². The minimum atomic E-state index is 0.125. The third-order valence-corrected chi connectivity index (χ3v) is 2.40. The number of benzene rings is 1. The average molecular weight is 235 g/mol. The first-order valence-electron chi connectivity index (χ1n) is 5.70. The maximum absolute atomic E-state index is 5.67. The molecular weight excluding hydrogens is 218 g/mol. The molecule has 0 bridgehead atoms. The lowest BCUT2D eigenvalue weighted by Crippen LogP contribution is -2.19. The molecule has 1 aromatic carbocycles. The van der Waals surface area contributed by atoms with Crippen LogP contribution in [0.15, 0.2) is 22.6 Å². The molecular formula is C12H17N3O2. The summed E-state index contributed by atoms with van der Waals surface area (Å²) < 4.78 is 10.9. The maximum Gasteiger partial charge on any atom is 0.295 e. The van der Waals surface area contributed by atoms with Crippen molar-refractivity contribution < 1.29 is 9.15 Å². The monoisotopic (exact) mass is 235 g/mol. The Kier molecular flexibility index (Phi) is 3.49. The van der Waals surface area contributed by atoms with E-state index in [1.807, 2.05) is 19.9 Å². The molecule has 5 heteroatoms. The lowest BCUT2D eigenvalue weighted by atomic mass is 10.3. The predicted molar refractivity (Wildman–Crippen MR) is 68.0 cm³/mol. The molecule has 0 radical (unpaired) electrons. The van der Waals surface area contributed by atoms with Gasteiger partial charge in [0.1, 0.15) is 5.52 Å². The summed E-state index contributed by atoms with van der Waals surface area (Å²) in [5.41, 5.74) is 7.84. The molecule has 3 N–H and O–H groups in total. The number of hydrogen-bond donors (Lipinski definition) is 2. The summed E-state index contributed by atoms with van der Waals surface area (Å²) in [5.74, 6) is 0.